The number of benzene rings is 1. The van der Waals surface area contributed by atoms with E-state index in [4.69, 9.17) is 10.2 Å². The van der Waals surface area contributed by atoms with Crippen LogP contribution < -0.4 is 5.32 Å². The maximum Gasteiger partial charge on any atom is 0.416 e. The molecule has 0 saturated carbocycles. The lowest BCUT2D eigenvalue weighted by Gasteiger charge is -2.25. The molecule has 0 saturated heterocycles. The molecule has 0 aliphatic heterocycles. The van der Waals surface area contributed by atoms with Crippen LogP contribution in [-0.2, 0) is 22.9 Å². The summed E-state index contributed by atoms with van der Waals surface area (Å²) < 4.78 is 39.2. The van der Waals surface area contributed by atoms with Gasteiger partial charge >= 0.3 is 12.1 Å². The summed E-state index contributed by atoms with van der Waals surface area (Å²) in [6.45, 7) is 4.51. The summed E-state index contributed by atoms with van der Waals surface area (Å²) in [5, 5.41) is 20.3. The fourth-order valence-electron chi connectivity index (χ4n) is 2.04. The Labute approximate surface area is 127 Å². The third-order valence-electron chi connectivity index (χ3n) is 3.23. The van der Waals surface area contributed by atoms with Crippen molar-refractivity contribution in [3.8, 4) is 0 Å². The monoisotopic (exact) mass is 319 g/mol. The Morgan fingerprint density at radius 1 is 1.23 bits per heavy atom. The number of nitrogens with one attached hydrogen (secondary N) is 1. The van der Waals surface area contributed by atoms with E-state index >= 15 is 0 Å². The van der Waals surface area contributed by atoms with Gasteiger partial charge in [0.2, 0.25) is 0 Å². The van der Waals surface area contributed by atoms with Gasteiger partial charge in [-0.05, 0) is 22.6 Å². The maximum atomic E-state index is 13.1. The average Bonchev–Trinajstić information content (AvgIpc) is 2.36. The number of carboxylic acid groups (broad SMARTS) is 1. The normalized spacial score (nSPS) is 14.0. The lowest BCUT2D eigenvalue weighted by Crippen LogP contribution is -2.39. The average molecular weight is 319 g/mol. The number of hydrogen-bond acceptors (Lipinski definition) is 3. The fraction of sp³-hybridized carbons (Fsp3) is 0.533. The number of halogens is 3. The van der Waals surface area contributed by atoms with Crippen molar-refractivity contribution in [1.29, 1.82) is 0 Å². The topological polar surface area (TPSA) is 69.6 Å². The Balaban J connectivity index is 3.08. The van der Waals surface area contributed by atoms with Crippen molar-refractivity contribution in [1.82, 2.24) is 5.32 Å². The summed E-state index contributed by atoms with van der Waals surface area (Å²) in [4.78, 5) is 10.8. The van der Waals surface area contributed by atoms with E-state index in [1.165, 1.54) is 12.1 Å². The molecule has 1 unspecified atom stereocenters. The van der Waals surface area contributed by atoms with Crippen LogP contribution >= 0.6 is 0 Å². The van der Waals surface area contributed by atoms with Crippen molar-refractivity contribution >= 4 is 5.97 Å². The Hall–Kier alpha value is -1.60. The molecule has 0 heterocycles. The fourth-order valence-corrected chi connectivity index (χ4v) is 2.04. The molecule has 7 heteroatoms. The molecule has 0 aromatic heterocycles. The zero-order valence-electron chi connectivity index (χ0n) is 12.7. The minimum absolute atomic E-state index is 0.0543. The molecule has 3 N–H and O–H groups in total. The number of rotatable bonds is 5. The molecule has 1 aromatic rings. The molecule has 0 aliphatic carbocycles. The number of carbonyl (C=O) groups is 1. The van der Waals surface area contributed by atoms with Gasteiger partial charge in [0.15, 0.2) is 0 Å². The Bertz CT molecular complexity index is 536. The van der Waals surface area contributed by atoms with Crippen molar-refractivity contribution in [3.05, 3.63) is 34.9 Å². The number of aliphatic carboxylic acids is 1. The van der Waals surface area contributed by atoms with E-state index < -0.39 is 35.8 Å². The van der Waals surface area contributed by atoms with Gasteiger partial charge in [-0.1, -0.05) is 32.9 Å². The zero-order valence-corrected chi connectivity index (χ0v) is 12.7. The predicted molar refractivity (Wildman–Crippen MR) is 75.5 cm³/mol. The summed E-state index contributed by atoms with van der Waals surface area (Å²) >= 11 is 0. The van der Waals surface area contributed by atoms with Crippen LogP contribution in [-0.4, -0.2) is 28.8 Å². The molecular weight excluding hydrogens is 299 g/mol. The highest BCUT2D eigenvalue weighted by Crippen LogP contribution is 2.37. The molecule has 0 amide bonds. The van der Waals surface area contributed by atoms with E-state index in [1.807, 2.05) is 0 Å². The van der Waals surface area contributed by atoms with Crippen molar-refractivity contribution in [2.45, 2.75) is 44.9 Å². The standard InChI is InChI=1S/C15H20F3NO3/c1-14(2,3)11-6-9(4-5-10(11)15(16,17)18)7-19-12(8-20)13(21)22/h4-6,12,19-20H,7-8H2,1-3H3,(H,21,22). The van der Waals surface area contributed by atoms with Gasteiger partial charge in [0.1, 0.15) is 6.04 Å². The van der Waals surface area contributed by atoms with Gasteiger partial charge in [0.25, 0.3) is 0 Å². The molecular formula is C15H20F3NO3. The molecule has 1 rings (SSSR count). The molecule has 1 atom stereocenters. The maximum absolute atomic E-state index is 13.1. The van der Waals surface area contributed by atoms with E-state index in [-0.39, 0.29) is 12.1 Å². The third kappa shape index (κ3) is 4.71. The Morgan fingerprint density at radius 3 is 2.23 bits per heavy atom. The molecule has 0 fully saturated rings. The summed E-state index contributed by atoms with van der Waals surface area (Å²) in [6.07, 6.45) is -4.44. The molecule has 0 bridgehead atoms. The van der Waals surface area contributed by atoms with E-state index in [1.54, 1.807) is 20.8 Å². The smallest absolute Gasteiger partial charge is 0.416 e. The second kappa shape index (κ2) is 6.66. The second-order valence-corrected chi connectivity index (χ2v) is 6.08. The first kappa shape index (κ1) is 18.4. The summed E-state index contributed by atoms with van der Waals surface area (Å²) in [6, 6.07) is 2.58. The van der Waals surface area contributed by atoms with Crippen molar-refractivity contribution < 1.29 is 28.2 Å². The largest absolute Gasteiger partial charge is 0.480 e. The van der Waals surface area contributed by atoms with E-state index in [0.717, 1.165) is 6.07 Å². The second-order valence-electron chi connectivity index (χ2n) is 6.08. The van der Waals surface area contributed by atoms with Crippen molar-refractivity contribution in [2.75, 3.05) is 6.61 Å². The molecule has 1 aromatic carbocycles. The van der Waals surface area contributed by atoms with Crippen molar-refractivity contribution in [2.24, 2.45) is 0 Å². The minimum atomic E-state index is -4.44. The molecule has 4 nitrogen and oxygen atoms in total. The van der Waals surface area contributed by atoms with Crippen LogP contribution in [0.1, 0.15) is 37.5 Å². The highest BCUT2D eigenvalue weighted by Gasteiger charge is 2.36. The number of aliphatic hydroxyl groups excluding tert-OH is 1. The Kier molecular flexibility index (Phi) is 5.59. The van der Waals surface area contributed by atoms with Gasteiger partial charge in [-0.2, -0.15) is 13.2 Å². The molecule has 0 radical (unpaired) electrons. The summed E-state index contributed by atoms with van der Waals surface area (Å²) in [5.74, 6) is -1.22. The van der Waals surface area contributed by atoms with Crippen LogP contribution in [0.15, 0.2) is 18.2 Å². The first-order valence-electron chi connectivity index (χ1n) is 6.74. The Morgan fingerprint density at radius 2 is 1.82 bits per heavy atom. The summed E-state index contributed by atoms with van der Waals surface area (Å²) in [5.41, 5.74) is -0.724. The van der Waals surface area contributed by atoms with Gasteiger partial charge in [-0.15, -0.1) is 0 Å². The first-order valence-corrected chi connectivity index (χ1v) is 6.74. The highest BCUT2D eigenvalue weighted by molar-refractivity contribution is 5.73. The zero-order chi connectivity index (χ0) is 17.1. The number of carboxylic acids is 1. The van der Waals surface area contributed by atoms with Crippen LogP contribution in [0.5, 0.6) is 0 Å². The van der Waals surface area contributed by atoms with Crippen LogP contribution in [0.4, 0.5) is 13.2 Å². The lowest BCUT2D eigenvalue weighted by molar-refractivity contribution is -0.140. The number of hydrogen-bond donors (Lipinski definition) is 3. The lowest BCUT2D eigenvalue weighted by atomic mass is 9.82. The van der Waals surface area contributed by atoms with E-state index in [0.29, 0.717) is 5.56 Å². The molecule has 0 aliphatic rings. The SMILES string of the molecule is CC(C)(C)c1cc(CNC(CO)C(=O)O)ccc1C(F)(F)F. The van der Waals surface area contributed by atoms with Gasteiger partial charge in [0.05, 0.1) is 12.2 Å². The van der Waals surface area contributed by atoms with Crippen LogP contribution in [0.2, 0.25) is 0 Å². The molecule has 22 heavy (non-hydrogen) atoms. The first-order chi connectivity index (χ1) is 9.96. The summed E-state index contributed by atoms with van der Waals surface area (Å²) in [7, 11) is 0. The van der Waals surface area contributed by atoms with Gasteiger partial charge in [0, 0.05) is 6.54 Å². The van der Waals surface area contributed by atoms with Gasteiger partial charge < -0.3 is 10.2 Å². The van der Waals surface area contributed by atoms with Crippen LogP contribution in [0, 0.1) is 0 Å². The highest BCUT2D eigenvalue weighted by atomic mass is 19.4. The quantitative estimate of drug-likeness (QED) is 0.780. The van der Waals surface area contributed by atoms with Crippen LogP contribution in [0.3, 0.4) is 0 Å². The van der Waals surface area contributed by atoms with Gasteiger partial charge in [-0.3, -0.25) is 10.1 Å². The predicted octanol–water partition coefficient (Wildman–Crippen LogP) is 2.54. The van der Waals surface area contributed by atoms with Gasteiger partial charge in [-0.25, -0.2) is 0 Å². The van der Waals surface area contributed by atoms with Crippen LogP contribution in [0.25, 0.3) is 0 Å². The minimum Gasteiger partial charge on any atom is -0.480 e. The third-order valence-corrected chi connectivity index (χ3v) is 3.23. The molecule has 124 valence electrons. The van der Waals surface area contributed by atoms with E-state index in [2.05, 4.69) is 5.32 Å². The van der Waals surface area contributed by atoms with Crippen molar-refractivity contribution in [3.63, 3.8) is 0 Å². The number of alkyl halides is 3. The number of aliphatic hydroxyl groups is 1. The van der Waals surface area contributed by atoms with E-state index in [9.17, 15) is 18.0 Å². The molecule has 0 spiro atoms.